The zero-order valence-corrected chi connectivity index (χ0v) is 16.3. The number of aromatic nitrogens is 2. The summed E-state index contributed by atoms with van der Waals surface area (Å²) in [6.45, 7) is 1.32. The van der Waals surface area contributed by atoms with Crippen molar-refractivity contribution in [2.75, 3.05) is 12.9 Å². The van der Waals surface area contributed by atoms with Gasteiger partial charge in [0.25, 0.3) is 11.6 Å². The number of ether oxygens (including phenoxy) is 1. The van der Waals surface area contributed by atoms with Gasteiger partial charge in [0.05, 0.1) is 18.6 Å². The van der Waals surface area contributed by atoms with Gasteiger partial charge in [0.15, 0.2) is 5.16 Å². The molecular formula is C18H17F3N4O3S. The third-order valence-electron chi connectivity index (χ3n) is 4.16. The second-order valence-electron chi connectivity index (χ2n) is 6.27. The van der Waals surface area contributed by atoms with Crippen LogP contribution >= 0.6 is 11.8 Å². The number of hydrogen-bond donors (Lipinski definition) is 1. The molecule has 1 aromatic heterocycles. The molecule has 0 unspecified atom stereocenters. The van der Waals surface area contributed by atoms with Crippen LogP contribution in [0.15, 0.2) is 46.8 Å². The number of hydrogen-bond acceptors (Lipinski definition) is 7. The lowest BCUT2D eigenvalue weighted by atomic mass is 10.1. The molecule has 0 bridgehead atoms. The molecule has 0 saturated carbocycles. The van der Waals surface area contributed by atoms with E-state index in [2.05, 4.69) is 15.1 Å². The van der Waals surface area contributed by atoms with Gasteiger partial charge >= 0.3 is 6.18 Å². The minimum absolute atomic E-state index is 0.0147. The van der Waals surface area contributed by atoms with Gasteiger partial charge in [0.1, 0.15) is 5.75 Å². The predicted octanol–water partition coefficient (Wildman–Crippen LogP) is 3.10. The van der Waals surface area contributed by atoms with Crippen molar-refractivity contribution in [3.8, 4) is 17.0 Å². The van der Waals surface area contributed by atoms with E-state index in [1.54, 1.807) is 37.4 Å². The van der Waals surface area contributed by atoms with Gasteiger partial charge in [-0.1, -0.05) is 11.8 Å². The third-order valence-corrected chi connectivity index (χ3v) is 5.00. The number of rotatable bonds is 5. The van der Waals surface area contributed by atoms with Gasteiger partial charge in [-0.05, 0) is 37.3 Å². The number of carbonyl (C=O) groups excluding carboxylic acids is 1. The van der Waals surface area contributed by atoms with Gasteiger partial charge in [-0.3, -0.25) is 4.79 Å². The standard InChI is InChI=1S/C18H17F3N4O3S/c1-11-9-17(27,18(19,20)21)25(24-11)15(26)10-29-16-22-8-7-14(23-16)12-3-5-13(28-2)6-4-12/h3-8,27H,9-10H2,1-2H3/t17-/m1/s1. The first kappa shape index (κ1) is 21.1. The topological polar surface area (TPSA) is 87.9 Å². The molecule has 1 atom stereocenters. The molecule has 1 N–H and O–H groups in total. The Hall–Kier alpha value is -2.66. The molecule has 0 fully saturated rings. The number of carbonyl (C=O) groups is 1. The lowest BCUT2D eigenvalue weighted by Crippen LogP contribution is -2.57. The molecule has 11 heteroatoms. The van der Waals surface area contributed by atoms with Crippen molar-refractivity contribution in [3.63, 3.8) is 0 Å². The largest absolute Gasteiger partial charge is 0.497 e. The lowest BCUT2D eigenvalue weighted by Gasteiger charge is -2.32. The average molecular weight is 426 g/mol. The SMILES string of the molecule is COc1ccc(-c2ccnc(SCC(=O)N3N=C(C)C[C@@]3(O)C(F)(F)F)n2)cc1. The maximum Gasteiger partial charge on any atom is 0.438 e. The molecule has 0 radical (unpaired) electrons. The molecule has 0 saturated heterocycles. The molecule has 0 spiro atoms. The molecule has 1 aromatic carbocycles. The van der Waals surface area contributed by atoms with Crippen molar-refractivity contribution >= 4 is 23.4 Å². The highest BCUT2D eigenvalue weighted by molar-refractivity contribution is 7.99. The fraction of sp³-hybridized carbons (Fsp3) is 0.333. The number of hydrazone groups is 1. The summed E-state index contributed by atoms with van der Waals surface area (Å²) >= 11 is 0.859. The van der Waals surface area contributed by atoms with Gasteiger partial charge in [-0.15, -0.1) is 0 Å². The molecule has 0 aliphatic carbocycles. The van der Waals surface area contributed by atoms with Crippen LogP contribution < -0.4 is 4.74 Å². The molecule has 2 aromatic rings. The second-order valence-corrected chi connectivity index (χ2v) is 7.22. The number of amides is 1. The Morgan fingerprint density at radius 1 is 1.31 bits per heavy atom. The van der Waals surface area contributed by atoms with E-state index >= 15 is 0 Å². The zero-order valence-electron chi connectivity index (χ0n) is 15.5. The van der Waals surface area contributed by atoms with Crippen molar-refractivity contribution in [1.29, 1.82) is 0 Å². The molecule has 1 aliphatic rings. The summed E-state index contributed by atoms with van der Waals surface area (Å²) in [5, 5.41) is 13.9. The second kappa shape index (κ2) is 7.99. The molecule has 2 heterocycles. The molecule has 3 rings (SSSR count). The van der Waals surface area contributed by atoms with Crippen LogP contribution in [0, 0.1) is 0 Å². The van der Waals surface area contributed by atoms with Crippen LogP contribution in [-0.2, 0) is 4.79 Å². The maximum atomic E-state index is 13.2. The summed E-state index contributed by atoms with van der Waals surface area (Å²) in [5.41, 5.74) is -1.95. The fourth-order valence-electron chi connectivity index (χ4n) is 2.72. The van der Waals surface area contributed by atoms with Crippen molar-refractivity contribution in [2.24, 2.45) is 5.10 Å². The van der Waals surface area contributed by atoms with Gasteiger partial charge < -0.3 is 9.84 Å². The smallest absolute Gasteiger partial charge is 0.438 e. The van der Waals surface area contributed by atoms with E-state index in [4.69, 9.17) is 4.74 Å². The van der Waals surface area contributed by atoms with E-state index in [1.165, 1.54) is 13.1 Å². The van der Waals surface area contributed by atoms with Crippen molar-refractivity contribution < 1.29 is 27.8 Å². The van der Waals surface area contributed by atoms with Crippen LogP contribution in [0.2, 0.25) is 0 Å². The van der Waals surface area contributed by atoms with Crippen LogP contribution in [0.3, 0.4) is 0 Å². The molecule has 7 nitrogen and oxygen atoms in total. The number of halogens is 3. The highest BCUT2D eigenvalue weighted by Crippen LogP contribution is 2.40. The van der Waals surface area contributed by atoms with E-state index in [-0.39, 0.29) is 15.9 Å². The molecule has 154 valence electrons. The molecule has 29 heavy (non-hydrogen) atoms. The summed E-state index contributed by atoms with van der Waals surface area (Å²) in [4.78, 5) is 20.7. The first-order valence-corrected chi connectivity index (χ1v) is 9.39. The summed E-state index contributed by atoms with van der Waals surface area (Å²) in [6, 6.07) is 8.79. The highest BCUT2D eigenvalue weighted by atomic mass is 32.2. The van der Waals surface area contributed by atoms with E-state index in [0.717, 1.165) is 17.3 Å². The summed E-state index contributed by atoms with van der Waals surface area (Å²) < 4.78 is 44.8. The minimum atomic E-state index is -5.03. The van der Waals surface area contributed by atoms with Crippen molar-refractivity contribution in [1.82, 2.24) is 15.0 Å². The number of thioether (sulfide) groups is 1. The van der Waals surface area contributed by atoms with E-state index in [9.17, 15) is 23.1 Å². The summed E-state index contributed by atoms with van der Waals surface area (Å²) in [5.74, 6) is -0.729. The van der Waals surface area contributed by atoms with Crippen LogP contribution in [0.1, 0.15) is 13.3 Å². The number of methoxy groups -OCH3 is 1. The molecular weight excluding hydrogens is 409 g/mol. The van der Waals surface area contributed by atoms with Gasteiger partial charge in [0.2, 0.25) is 0 Å². The Labute approximate surface area is 168 Å². The van der Waals surface area contributed by atoms with Gasteiger partial charge in [-0.2, -0.15) is 23.3 Å². The first-order valence-electron chi connectivity index (χ1n) is 8.40. The Balaban J connectivity index is 1.72. The number of nitrogens with zero attached hydrogens (tertiary/aromatic N) is 4. The normalized spacial score (nSPS) is 19.2. The van der Waals surface area contributed by atoms with Gasteiger partial charge in [0, 0.05) is 23.9 Å². The van der Waals surface area contributed by atoms with E-state index in [1.807, 2.05) is 0 Å². The summed E-state index contributed by atoms with van der Waals surface area (Å²) in [6.07, 6.45) is -4.32. The van der Waals surface area contributed by atoms with E-state index in [0.29, 0.717) is 11.4 Å². The Morgan fingerprint density at radius 2 is 2.00 bits per heavy atom. The average Bonchev–Trinajstić information content (AvgIpc) is 3.02. The van der Waals surface area contributed by atoms with Crippen LogP contribution in [-0.4, -0.2) is 56.5 Å². The highest BCUT2D eigenvalue weighted by Gasteiger charge is 2.62. The monoisotopic (exact) mass is 426 g/mol. The van der Waals surface area contributed by atoms with E-state index < -0.39 is 30.0 Å². The summed E-state index contributed by atoms with van der Waals surface area (Å²) in [7, 11) is 1.55. The van der Waals surface area contributed by atoms with Gasteiger partial charge in [-0.25, -0.2) is 9.97 Å². The van der Waals surface area contributed by atoms with Crippen molar-refractivity contribution in [2.45, 2.75) is 30.4 Å². The maximum absolute atomic E-state index is 13.2. The first-order chi connectivity index (χ1) is 13.6. The Bertz CT molecular complexity index is 937. The molecule has 1 amide bonds. The number of alkyl halides is 3. The lowest BCUT2D eigenvalue weighted by molar-refractivity contribution is -0.301. The predicted molar refractivity (Wildman–Crippen MR) is 100 cm³/mol. The molecule has 1 aliphatic heterocycles. The minimum Gasteiger partial charge on any atom is -0.497 e. The zero-order chi connectivity index (χ0) is 21.2. The number of aliphatic hydroxyl groups is 1. The van der Waals surface area contributed by atoms with Crippen LogP contribution in [0.5, 0.6) is 5.75 Å². The number of benzene rings is 1. The quantitative estimate of drug-likeness (QED) is 0.584. The Kier molecular flexibility index (Phi) is 5.80. The fourth-order valence-corrected chi connectivity index (χ4v) is 3.40. The Morgan fingerprint density at radius 3 is 2.62 bits per heavy atom. The van der Waals surface area contributed by atoms with Crippen molar-refractivity contribution in [3.05, 3.63) is 36.5 Å². The third kappa shape index (κ3) is 4.35. The van der Waals surface area contributed by atoms with Crippen LogP contribution in [0.25, 0.3) is 11.3 Å². The van der Waals surface area contributed by atoms with Crippen LogP contribution in [0.4, 0.5) is 13.2 Å².